The molecule has 0 saturated carbocycles. The van der Waals surface area contributed by atoms with Crippen LogP contribution in [-0.2, 0) is 23.7 Å². The molecule has 34 heavy (non-hydrogen) atoms. The van der Waals surface area contributed by atoms with Crippen molar-refractivity contribution in [3.63, 3.8) is 0 Å². The number of rotatable bonds is 7. The molecule has 16 heteroatoms. The van der Waals surface area contributed by atoms with Crippen LogP contribution < -0.4 is 0 Å². The van der Waals surface area contributed by atoms with Gasteiger partial charge < -0.3 is 79.9 Å². The Morgan fingerprint density at radius 3 is 1.59 bits per heavy atom. The quantitative estimate of drug-likeness (QED) is 0.154. The zero-order valence-corrected chi connectivity index (χ0v) is 17.7. The molecule has 3 rings (SSSR count). The highest BCUT2D eigenvalue weighted by molar-refractivity contribution is 4.94. The zero-order valence-electron chi connectivity index (χ0n) is 17.7. The SMILES string of the molecule is OC[C@H]1O[C@H](O[C@@H]2[C@@H](OC[C@H]3O[C@H](O)[C@@H](O)[C@@H](O)[C@@H]3O)O[C@H](CO)[C@@H](O)[C@@H]2O)[C@@H](O)[C@@H](O)[C@@H]1O. The third-order valence-electron chi connectivity index (χ3n) is 6.08. The first-order chi connectivity index (χ1) is 16.0. The fourth-order valence-electron chi connectivity index (χ4n) is 3.93. The Balaban J connectivity index is 1.74. The van der Waals surface area contributed by atoms with Crippen LogP contribution in [-0.4, -0.2) is 168 Å². The van der Waals surface area contributed by atoms with Crippen molar-refractivity contribution >= 4 is 0 Å². The van der Waals surface area contributed by atoms with E-state index in [0.29, 0.717) is 0 Å². The van der Waals surface area contributed by atoms with Crippen LogP contribution in [0.15, 0.2) is 0 Å². The maximum absolute atomic E-state index is 10.5. The van der Waals surface area contributed by atoms with E-state index in [1.165, 1.54) is 0 Å². The van der Waals surface area contributed by atoms with Gasteiger partial charge in [-0.25, -0.2) is 0 Å². The smallest absolute Gasteiger partial charge is 0.187 e. The van der Waals surface area contributed by atoms with E-state index in [0.717, 1.165) is 0 Å². The van der Waals surface area contributed by atoms with Crippen molar-refractivity contribution < 1.29 is 79.9 Å². The van der Waals surface area contributed by atoms with Gasteiger partial charge in [0.1, 0.15) is 73.2 Å². The van der Waals surface area contributed by atoms with E-state index < -0.39 is 112 Å². The predicted octanol–water partition coefficient (Wildman–Crippen LogP) is -7.57. The van der Waals surface area contributed by atoms with Crippen molar-refractivity contribution in [1.29, 1.82) is 0 Å². The van der Waals surface area contributed by atoms with Gasteiger partial charge >= 0.3 is 0 Å². The molecule has 3 heterocycles. The van der Waals surface area contributed by atoms with E-state index in [9.17, 15) is 56.2 Å². The molecule has 0 amide bonds. The van der Waals surface area contributed by atoms with Gasteiger partial charge in [-0.15, -0.1) is 0 Å². The number of aliphatic hydroxyl groups excluding tert-OH is 11. The van der Waals surface area contributed by atoms with Crippen LogP contribution in [0.5, 0.6) is 0 Å². The van der Waals surface area contributed by atoms with E-state index in [1.807, 2.05) is 0 Å². The fourth-order valence-corrected chi connectivity index (χ4v) is 3.93. The third kappa shape index (κ3) is 5.52. The molecule has 15 atom stereocenters. The molecular weight excluding hydrogens is 472 g/mol. The molecule has 0 bridgehead atoms. The summed E-state index contributed by atoms with van der Waals surface area (Å²) in [5.41, 5.74) is 0. The van der Waals surface area contributed by atoms with Gasteiger partial charge in [-0.05, 0) is 0 Å². The number of aliphatic hydroxyl groups is 11. The summed E-state index contributed by atoms with van der Waals surface area (Å²) >= 11 is 0. The monoisotopic (exact) mass is 504 g/mol. The highest BCUT2D eigenvalue weighted by Gasteiger charge is 2.51. The first-order valence-electron chi connectivity index (χ1n) is 10.6. The summed E-state index contributed by atoms with van der Waals surface area (Å²) in [6.45, 7) is -2.11. The Morgan fingerprint density at radius 2 is 1.00 bits per heavy atom. The van der Waals surface area contributed by atoms with Crippen molar-refractivity contribution in [3.8, 4) is 0 Å². The summed E-state index contributed by atoms with van der Waals surface area (Å²) in [6.07, 6.45) is -25.0. The lowest BCUT2D eigenvalue weighted by molar-refractivity contribution is -0.372. The Hall–Kier alpha value is -0.640. The molecule has 0 unspecified atom stereocenters. The molecule has 11 N–H and O–H groups in total. The predicted molar refractivity (Wildman–Crippen MR) is 101 cm³/mol. The average Bonchev–Trinajstić information content (AvgIpc) is 2.82. The first kappa shape index (κ1) is 27.9. The van der Waals surface area contributed by atoms with Gasteiger partial charge in [0.05, 0.1) is 19.8 Å². The Kier molecular flexibility index (Phi) is 9.54. The molecule has 3 fully saturated rings. The van der Waals surface area contributed by atoms with Crippen molar-refractivity contribution in [2.45, 2.75) is 92.1 Å². The van der Waals surface area contributed by atoms with Crippen molar-refractivity contribution in [3.05, 3.63) is 0 Å². The second-order valence-electron chi connectivity index (χ2n) is 8.37. The second kappa shape index (κ2) is 11.6. The Labute approximate surface area is 192 Å². The van der Waals surface area contributed by atoms with E-state index in [2.05, 4.69) is 0 Å². The van der Waals surface area contributed by atoms with Crippen LogP contribution in [0, 0.1) is 0 Å². The van der Waals surface area contributed by atoms with E-state index in [4.69, 9.17) is 23.7 Å². The fraction of sp³-hybridized carbons (Fsp3) is 1.00. The van der Waals surface area contributed by atoms with Crippen LogP contribution in [0.2, 0.25) is 0 Å². The van der Waals surface area contributed by atoms with Crippen LogP contribution in [0.3, 0.4) is 0 Å². The molecule has 3 aliphatic rings. The molecule has 3 saturated heterocycles. The van der Waals surface area contributed by atoms with Gasteiger partial charge in [0.25, 0.3) is 0 Å². The van der Waals surface area contributed by atoms with Gasteiger partial charge in [0, 0.05) is 0 Å². The summed E-state index contributed by atoms with van der Waals surface area (Å²) in [5, 5.41) is 109. The van der Waals surface area contributed by atoms with Gasteiger partial charge in [-0.1, -0.05) is 0 Å². The lowest BCUT2D eigenvalue weighted by Crippen LogP contribution is -2.65. The highest BCUT2D eigenvalue weighted by Crippen LogP contribution is 2.30. The topological polar surface area (TPSA) is 269 Å². The van der Waals surface area contributed by atoms with Gasteiger partial charge in [0.15, 0.2) is 18.9 Å². The van der Waals surface area contributed by atoms with Crippen LogP contribution in [0.1, 0.15) is 0 Å². The van der Waals surface area contributed by atoms with Crippen molar-refractivity contribution in [2.75, 3.05) is 19.8 Å². The summed E-state index contributed by atoms with van der Waals surface area (Å²) in [7, 11) is 0. The summed E-state index contributed by atoms with van der Waals surface area (Å²) in [4.78, 5) is 0. The van der Waals surface area contributed by atoms with Crippen molar-refractivity contribution in [2.24, 2.45) is 0 Å². The largest absolute Gasteiger partial charge is 0.394 e. The molecule has 0 radical (unpaired) electrons. The first-order valence-corrected chi connectivity index (χ1v) is 10.6. The third-order valence-corrected chi connectivity index (χ3v) is 6.08. The molecule has 0 aromatic carbocycles. The van der Waals surface area contributed by atoms with Crippen LogP contribution >= 0.6 is 0 Å². The zero-order chi connectivity index (χ0) is 25.3. The standard InChI is InChI=1S/C18H32O16/c19-1-4-7(21)11(25)14(28)17(32-4)34-15-12(26)8(22)5(2-20)33-18(15)30-3-6-9(23)10(24)13(27)16(29)31-6/h4-29H,1-3H2/t4-,5-,6-,7-,8-,9-,10+,11+,12+,13+,14+,15+,16+,17-,18+/m1/s1. The molecule has 200 valence electrons. The lowest BCUT2D eigenvalue weighted by Gasteiger charge is -2.46. The minimum absolute atomic E-state index is 0.609. The summed E-state index contributed by atoms with van der Waals surface area (Å²) in [5.74, 6) is 0. The highest BCUT2D eigenvalue weighted by atomic mass is 16.8. The van der Waals surface area contributed by atoms with Gasteiger partial charge in [-0.3, -0.25) is 0 Å². The minimum Gasteiger partial charge on any atom is -0.394 e. The average molecular weight is 504 g/mol. The Morgan fingerprint density at radius 1 is 0.500 bits per heavy atom. The Bertz CT molecular complexity index is 639. The molecule has 0 spiro atoms. The van der Waals surface area contributed by atoms with Crippen LogP contribution in [0.25, 0.3) is 0 Å². The lowest BCUT2D eigenvalue weighted by atomic mass is 9.97. The minimum atomic E-state index is -1.85. The normalized spacial score (nSPS) is 52.5. The molecular formula is C18H32O16. The molecule has 0 aliphatic carbocycles. The maximum Gasteiger partial charge on any atom is 0.187 e. The number of hydrogen-bond donors (Lipinski definition) is 11. The number of hydrogen-bond acceptors (Lipinski definition) is 16. The molecule has 3 aliphatic heterocycles. The van der Waals surface area contributed by atoms with Crippen LogP contribution in [0.4, 0.5) is 0 Å². The molecule has 0 aromatic heterocycles. The van der Waals surface area contributed by atoms with E-state index in [-0.39, 0.29) is 0 Å². The number of ether oxygens (including phenoxy) is 5. The van der Waals surface area contributed by atoms with Gasteiger partial charge in [-0.2, -0.15) is 0 Å². The van der Waals surface area contributed by atoms with E-state index in [1.54, 1.807) is 0 Å². The second-order valence-corrected chi connectivity index (χ2v) is 8.37. The van der Waals surface area contributed by atoms with Crippen molar-refractivity contribution in [1.82, 2.24) is 0 Å². The molecule has 0 aromatic rings. The van der Waals surface area contributed by atoms with E-state index >= 15 is 0 Å². The summed E-state index contributed by atoms with van der Waals surface area (Å²) in [6, 6.07) is 0. The molecule has 16 nitrogen and oxygen atoms in total. The summed E-state index contributed by atoms with van der Waals surface area (Å²) < 4.78 is 26.5. The van der Waals surface area contributed by atoms with Gasteiger partial charge in [0.2, 0.25) is 0 Å². The maximum atomic E-state index is 10.5.